The second-order valence-corrected chi connectivity index (χ2v) is 7.71. The molecule has 4 rings (SSSR count). The predicted octanol–water partition coefficient (Wildman–Crippen LogP) is 6.40. The molecule has 0 radical (unpaired) electrons. The molecule has 0 amide bonds. The minimum atomic E-state index is 0.0519. The van der Waals surface area contributed by atoms with Gasteiger partial charge in [0.1, 0.15) is 11.5 Å². The van der Waals surface area contributed by atoms with Crippen LogP contribution in [0.25, 0.3) is 21.7 Å². The molecule has 0 bridgehead atoms. The fourth-order valence-corrected chi connectivity index (χ4v) is 3.64. The molecule has 0 saturated carbocycles. The molecule has 1 atom stereocenters. The lowest BCUT2D eigenvalue weighted by molar-refractivity contribution is 0.289. The van der Waals surface area contributed by atoms with E-state index in [2.05, 4.69) is 56.1 Å². The summed E-state index contributed by atoms with van der Waals surface area (Å²) in [6.45, 7) is 6.94. The molecule has 3 nitrogen and oxygen atoms in total. The zero-order valence-electron chi connectivity index (χ0n) is 16.5. The molecule has 0 aliphatic rings. The monoisotopic (exact) mass is 371 g/mol. The predicted molar refractivity (Wildman–Crippen MR) is 115 cm³/mol. The van der Waals surface area contributed by atoms with Crippen molar-refractivity contribution in [2.24, 2.45) is 0 Å². The normalized spacial score (nSPS) is 12.6. The van der Waals surface area contributed by atoms with Crippen LogP contribution >= 0.6 is 0 Å². The molecular weight excluding hydrogens is 346 g/mol. The Hall–Kier alpha value is -3.07. The summed E-state index contributed by atoms with van der Waals surface area (Å²) in [6, 6.07) is 20.4. The van der Waals surface area contributed by atoms with E-state index in [0.29, 0.717) is 12.5 Å². The SMILES string of the molecule is CC(C)c1cc2ccccc2cc1OCC(C)c1cc2cccnc2cc1O. The Morgan fingerprint density at radius 3 is 2.29 bits per heavy atom. The Morgan fingerprint density at radius 1 is 0.857 bits per heavy atom. The molecule has 1 heterocycles. The Kier molecular flexibility index (Phi) is 4.91. The average molecular weight is 371 g/mol. The van der Waals surface area contributed by atoms with Gasteiger partial charge in [-0.15, -0.1) is 0 Å². The summed E-state index contributed by atoms with van der Waals surface area (Å²) < 4.78 is 6.26. The van der Waals surface area contributed by atoms with E-state index in [4.69, 9.17) is 4.74 Å². The number of benzene rings is 3. The molecule has 3 heteroatoms. The van der Waals surface area contributed by atoms with E-state index in [9.17, 15) is 5.11 Å². The third-order valence-corrected chi connectivity index (χ3v) is 5.27. The van der Waals surface area contributed by atoms with Gasteiger partial charge in [-0.25, -0.2) is 0 Å². The minimum Gasteiger partial charge on any atom is -0.508 e. The lowest BCUT2D eigenvalue weighted by Crippen LogP contribution is -2.09. The first-order chi connectivity index (χ1) is 13.5. The van der Waals surface area contributed by atoms with Crippen LogP contribution in [0.4, 0.5) is 0 Å². The van der Waals surface area contributed by atoms with Crippen molar-refractivity contribution in [2.45, 2.75) is 32.6 Å². The number of phenols is 1. The number of ether oxygens (including phenoxy) is 1. The van der Waals surface area contributed by atoms with Crippen molar-refractivity contribution in [3.8, 4) is 11.5 Å². The zero-order chi connectivity index (χ0) is 19.7. The van der Waals surface area contributed by atoms with Gasteiger partial charge in [0.2, 0.25) is 0 Å². The van der Waals surface area contributed by atoms with Crippen LogP contribution in [-0.4, -0.2) is 16.7 Å². The highest BCUT2D eigenvalue weighted by Gasteiger charge is 2.15. The molecule has 4 aromatic rings. The average Bonchev–Trinajstić information content (AvgIpc) is 2.70. The highest BCUT2D eigenvalue weighted by atomic mass is 16.5. The van der Waals surface area contributed by atoms with Gasteiger partial charge in [0.15, 0.2) is 0 Å². The van der Waals surface area contributed by atoms with Gasteiger partial charge in [-0.05, 0) is 46.5 Å². The minimum absolute atomic E-state index is 0.0519. The van der Waals surface area contributed by atoms with Crippen molar-refractivity contribution >= 4 is 21.7 Å². The molecule has 1 N–H and O–H groups in total. The number of hydrogen-bond acceptors (Lipinski definition) is 3. The maximum Gasteiger partial charge on any atom is 0.123 e. The number of rotatable bonds is 5. The van der Waals surface area contributed by atoms with E-state index >= 15 is 0 Å². The Bertz CT molecular complexity index is 1130. The van der Waals surface area contributed by atoms with Gasteiger partial charge in [0, 0.05) is 29.1 Å². The third kappa shape index (κ3) is 3.53. The first kappa shape index (κ1) is 18.3. The number of hydrogen-bond donors (Lipinski definition) is 1. The molecule has 0 aliphatic carbocycles. The molecule has 0 aliphatic heterocycles. The summed E-state index contributed by atoms with van der Waals surface area (Å²) in [6.07, 6.45) is 1.74. The van der Waals surface area contributed by atoms with Crippen molar-refractivity contribution in [2.75, 3.05) is 6.61 Å². The fourth-order valence-electron chi connectivity index (χ4n) is 3.64. The standard InChI is InChI=1S/C25H25NO2/c1-16(2)21-11-18-7-4-5-8-19(18)13-25(21)28-15-17(3)22-12-20-9-6-10-26-23(20)14-24(22)27/h4-14,16-17,27H,15H2,1-3H3. The van der Waals surface area contributed by atoms with Crippen LogP contribution in [0, 0.1) is 0 Å². The highest BCUT2D eigenvalue weighted by Crippen LogP contribution is 2.34. The first-order valence-electron chi connectivity index (χ1n) is 9.76. The molecular formula is C25H25NO2. The lowest BCUT2D eigenvalue weighted by Gasteiger charge is -2.19. The number of pyridine rings is 1. The van der Waals surface area contributed by atoms with Gasteiger partial charge < -0.3 is 9.84 Å². The summed E-state index contributed by atoms with van der Waals surface area (Å²) in [7, 11) is 0. The van der Waals surface area contributed by atoms with Gasteiger partial charge in [0.25, 0.3) is 0 Å². The van der Waals surface area contributed by atoms with E-state index in [1.54, 1.807) is 12.3 Å². The Morgan fingerprint density at radius 2 is 1.54 bits per heavy atom. The van der Waals surface area contributed by atoms with E-state index < -0.39 is 0 Å². The van der Waals surface area contributed by atoms with E-state index in [1.807, 2.05) is 24.3 Å². The lowest BCUT2D eigenvalue weighted by atomic mass is 9.97. The molecule has 142 valence electrons. The van der Waals surface area contributed by atoms with Crippen LogP contribution in [-0.2, 0) is 0 Å². The van der Waals surface area contributed by atoms with Crippen LogP contribution in [0.3, 0.4) is 0 Å². The summed E-state index contributed by atoms with van der Waals surface area (Å²) >= 11 is 0. The van der Waals surface area contributed by atoms with E-state index in [0.717, 1.165) is 22.2 Å². The van der Waals surface area contributed by atoms with Crippen molar-refractivity contribution < 1.29 is 9.84 Å². The summed E-state index contributed by atoms with van der Waals surface area (Å²) in [5.74, 6) is 1.61. The van der Waals surface area contributed by atoms with Crippen LogP contribution in [0.5, 0.6) is 11.5 Å². The number of fused-ring (bicyclic) bond motifs is 2. The van der Waals surface area contributed by atoms with E-state index in [-0.39, 0.29) is 11.7 Å². The van der Waals surface area contributed by atoms with Crippen LogP contribution < -0.4 is 4.74 Å². The van der Waals surface area contributed by atoms with Gasteiger partial charge in [-0.3, -0.25) is 4.98 Å². The Balaban J connectivity index is 1.62. The number of nitrogens with zero attached hydrogens (tertiary/aromatic N) is 1. The fraction of sp³-hybridized carbons (Fsp3) is 0.240. The maximum absolute atomic E-state index is 10.5. The highest BCUT2D eigenvalue weighted by molar-refractivity contribution is 5.85. The summed E-state index contributed by atoms with van der Waals surface area (Å²) in [4.78, 5) is 4.30. The molecule has 0 fully saturated rings. The largest absolute Gasteiger partial charge is 0.508 e. The quantitative estimate of drug-likeness (QED) is 0.441. The van der Waals surface area contributed by atoms with Gasteiger partial charge in [0.05, 0.1) is 12.1 Å². The van der Waals surface area contributed by atoms with Crippen molar-refractivity contribution in [3.05, 3.63) is 78.0 Å². The molecule has 1 aromatic heterocycles. The van der Waals surface area contributed by atoms with Gasteiger partial charge >= 0.3 is 0 Å². The molecule has 0 saturated heterocycles. The molecule has 0 spiro atoms. The van der Waals surface area contributed by atoms with Crippen molar-refractivity contribution in [3.63, 3.8) is 0 Å². The second kappa shape index (κ2) is 7.51. The maximum atomic E-state index is 10.5. The molecule has 1 unspecified atom stereocenters. The number of phenolic OH excluding ortho intramolecular Hbond substituents is 1. The smallest absolute Gasteiger partial charge is 0.123 e. The second-order valence-electron chi connectivity index (χ2n) is 7.71. The topological polar surface area (TPSA) is 42.4 Å². The number of aromatic nitrogens is 1. The molecule has 3 aromatic carbocycles. The van der Waals surface area contributed by atoms with Crippen LogP contribution in [0.1, 0.15) is 43.7 Å². The van der Waals surface area contributed by atoms with Crippen LogP contribution in [0.15, 0.2) is 66.9 Å². The molecule has 28 heavy (non-hydrogen) atoms. The third-order valence-electron chi connectivity index (χ3n) is 5.27. The summed E-state index contributed by atoms with van der Waals surface area (Å²) in [5.41, 5.74) is 2.89. The van der Waals surface area contributed by atoms with Crippen molar-refractivity contribution in [1.29, 1.82) is 0 Å². The zero-order valence-corrected chi connectivity index (χ0v) is 16.5. The Labute approximate surface area is 165 Å². The summed E-state index contributed by atoms with van der Waals surface area (Å²) in [5, 5.41) is 13.9. The van der Waals surface area contributed by atoms with Gasteiger partial charge in [-0.2, -0.15) is 0 Å². The van der Waals surface area contributed by atoms with Gasteiger partial charge in [-0.1, -0.05) is 51.1 Å². The van der Waals surface area contributed by atoms with Crippen molar-refractivity contribution in [1.82, 2.24) is 4.98 Å². The number of aromatic hydroxyl groups is 1. The first-order valence-corrected chi connectivity index (χ1v) is 9.76. The van der Waals surface area contributed by atoms with E-state index in [1.165, 1.54) is 16.3 Å². The van der Waals surface area contributed by atoms with Crippen LogP contribution in [0.2, 0.25) is 0 Å².